The Kier molecular flexibility index (Phi) is 4.16. The Bertz CT molecular complexity index is 672. The first-order valence-electron chi connectivity index (χ1n) is 6.14. The highest BCUT2D eigenvalue weighted by Gasteiger charge is 2.36. The predicted molar refractivity (Wildman–Crippen MR) is 77.7 cm³/mol. The van der Waals surface area contributed by atoms with E-state index in [0.29, 0.717) is 12.8 Å². The summed E-state index contributed by atoms with van der Waals surface area (Å²) >= 11 is 4.61. The Labute approximate surface area is 125 Å². The molecule has 1 saturated heterocycles. The van der Waals surface area contributed by atoms with Gasteiger partial charge in [-0.2, -0.15) is 13.2 Å². The van der Waals surface area contributed by atoms with E-state index in [4.69, 9.17) is 5.73 Å². The van der Waals surface area contributed by atoms with Gasteiger partial charge >= 0.3 is 6.18 Å². The van der Waals surface area contributed by atoms with Crippen LogP contribution in [0.2, 0.25) is 0 Å². The monoisotopic (exact) mass is 338 g/mol. The molecule has 0 saturated carbocycles. The predicted octanol–water partition coefficient (Wildman–Crippen LogP) is 2.27. The summed E-state index contributed by atoms with van der Waals surface area (Å²) in [4.78, 5) is -0.379. The van der Waals surface area contributed by atoms with Crippen LogP contribution >= 0.6 is 12.2 Å². The van der Waals surface area contributed by atoms with Crippen molar-refractivity contribution in [3.63, 3.8) is 0 Å². The van der Waals surface area contributed by atoms with Gasteiger partial charge < -0.3 is 5.73 Å². The molecule has 1 aromatic carbocycles. The highest BCUT2D eigenvalue weighted by molar-refractivity contribution is 7.92. The molecule has 21 heavy (non-hydrogen) atoms. The SMILES string of the molecule is NC(=S)c1ccc(N2CCCCS2(=O)=O)cc1C(F)(F)F. The summed E-state index contributed by atoms with van der Waals surface area (Å²) in [5.74, 6) is -0.0641. The molecule has 0 bridgehead atoms. The maximum absolute atomic E-state index is 13.1. The molecule has 0 aromatic heterocycles. The molecule has 116 valence electrons. The Morgan fingerprint density at radius 2 is 1.95 bits per heavy atom. The van der Waals surface area contributed by atoms with Crippen LogP contribution in [-0.4, -0.2) is 25.7 Å². The third kappa shape index (κ3) is 3.29. The molecule has 1 heterocycles. The van der Waals surface area contributed by atoms with E-state index >= 15 is 0 Å². The smallest absolute Gasteiger partial charge is 0.389 e. The number of alkyl halides is 3. The molecule has 2 rings (SSSR count). The number of halogens is 3. The van der Waals surface area contributed by atoms with Crippen molar-refractivity contribution in [3.8, 4) is 0 Å². The molecular weight excluding hydrogens is 325 g/mol. The lowest BCUT2D eigenvalue weighted by molar-refractivity contribution is -0.137. The maximum atomic E-state index is 13.1. The quantitative estimate of drug-likeness (QED) is 0.840. The molecule has 0 radical (unpaired) electrons. The number of benzene rings is 1. The topological polar surface area (TPSA) is 63.4 Å². The van der Waals surface area contributed by atoms with E-state index in [0.717, 1.165) is 16.4 Å². The highest BCUT2D eigenvalue weighted by atomic mass is 32.2. The van der Waals surface area contributed by atoms with Gasteiger partial charge in [-0.3, -0.25) is 4.31 Å². The van der Waals surface area contributed by atoms with E-state index in [1.807, 2.05) is 0 Å². The van der Waals surface area contributed by atoms with Gasteiger partial charge in [0.1, 0.15) is 4.99 Å². The zero-order chi connectivity index (χ0) is 15.8. The second kappa shape index (κ2) is 5.45. The molecular formula is C12H13F3N2O2S2. The van der Waals surface area contributed by atoms with Crippen LogP contribution in [0.25, 0.3) is 0 Å². The van der Waals surface area contributed by atoms with Gasteiger partial charge in [0.05, 0.1) is 17.0 Å². The van der Waals surface area contributed by atoms with Crippen molar-refractivity contribution in [1.82, 2.24) is 0 Å². The van der Waals surface area contributed by atoms with Crippen molar-refractivity contribution < 1.29 is 21.6 Å². The number of hydrogen-bond donors (Lipinski definition) is 1. The molecule has 9 heteroatoms. The zero-order valence-corrected chi connectivity index (χ0v) is 12.5. The molecule has 1 aromatic rings. The Morgan fingerprint density at radius 1 is 1.29 bits per heavy atom. The fourth-order valence-electron chi connectivity index (χ4n) is 2.22. The van der Waals surface area contributed by atoms with Gasteiger partial charge in [0, 0.05) is 12.1 Å². The van der Waals surface area contributed by atoms with Crippen LogP contribution < -0.4 is 10.0 Å². The molecule has 0 amide bonds. The van der Waals surface area contributed by atoms with E-state index in [-0.39, 0.29) is 28.5 Å². The number of hydrogen-bond acceptors (Lipinski definition) is 3. The fraction of sp³-hybridized carbons (Fsp3) is 0.417. The summed E-state index contributed by atoms with van der Waals surface area (Å²) in [6.07, 6.45) is -3.54. The number of anilines is 1. The lowest BCUT2D eigenvalue weighted by Crippen LogP contribution is -2.38. The van der Waals surface area contributed by atoms with Gasteiger partial charge in [-0.25, -0.2) is 8.42 Å². The maximum Gasteiger partial charge on any atom is 0.417 e. The van der Waals surface area contributed by atoms with Crippen LogP contribution in [0.1, 0.15) is 24.0 Å². The molecule has 0 spiro atoms. The summed E-state index contributed by atoms with van der Waals surface area (Å²) in [6, 6.07) is 3.20. The van der Waals surface area contributed by atoms with Gasteiger partial charge in [0.25, 0.3) is 0 Å². The molecule has 0 aliphatic carbocycles. The van der Waals surface area contributed by atoms with Crippen LogP contribution in [-0.2, 0) is 16.2 Å². The number of sulfonamides is 1. The second-order valence-corrected chi connectivity index (χ2v) is 7.14. The Morgan fingerprint density at radius 3 is 2.48 bits per heavy atom. The highest BCUT2D eigenvalue weighted by Crippen LogP contribution is 2.35. The van der Waals surface area contributed by atoms with Crippen LogP contribution in [0, 0.1) is 0 Å². The molecule has 2 N–H and O–H groups in total. The van der Waals surface area contributed by atoms with Crippen LogP contribution in [0.5, 0.6) is 0 Å². The molecule has 1 aliphatic heterocycles. The minimum Gasteiger partial charge on any atom is -0.389 e. The van der Waals surface area contributed by atoms with E-state index in [1.54, 1.807) is 0 Å². The first-order chi connectivity index (χ1) is 9.63. The van der Waals surface area contributed by atoms with Crippen molar-refractivity contribution in [1.29, 1.82) is 0 Å². The molecule has 0 unspecified atom stereocenters. The van der Waals surface area contributed by atoms with Gasteiger partial charge in [-0.15, -0.1) is 0 Å². The number of nitrogens with two attached hydrogens (primary N) is 1. The average molecular weight is 338 g/mol. The van der Waals surface area contributed by atoms with Gasteiger partial charge in [0.2, 0.25) is 10.0 Å². The Hall–Kier alpha value is -1.35. The Balaban J connectivity index is 2.54. The minimum atomic E-state index is -4.66. The second-order valence-electron chi connectivity index (χ2n) is 4.69. The molecule has 1 aliphatic rings. The normalized spacial score (nSPS) is 18.5. The lowest BCUT2D eigenvalue weighted by Gasteiger charge is -2.29. The summed E-state index contributed by atoms with van der Waals surface area (Å²) in [5, 5.41) is 0. The fourth-order valence-corrected chi connectivity index (χ4v) is 4.02. The number of thiocarbonyl (C=S) groups is 1. The third-order valence-corrected chi connectivity index (χ3v) is 5.30. The first kappa shape index (κ1) is 16.0. The number of nitrogens with zero attached hydrogens (tertiary/aromatic N) is 1. The van der Waals surface area contributed by atoms with Crippen LogP contribution in [0.3, 0.4) is 0 Å². The summed E-state index contributed by atoms with van der Waals surface area (Å²) in [7, 11) is -3.57. The molecule has 4 nitrogen and oxygen atoms in total. The minimum absolute atomic E-state index is 0.0120. The van der Waals surface area contributed by atoms with Gasteiger partial charge in [-0.05, 0) is 31.0 Å². The van der Waals surface area contributed by atoms with Crippen molar-refractivity contribution in [3.05, 3.63) is 29.3 Å². The van der Waals surface area contributed by atoms with Crippen LogP contribution in [0.4, 0.5) is 18.9 Å². The summed E-state index contributed by atoms with van der Waals surface area (Å²) in [6.45, 7) is 0.173. The molecule has 1 fully saturated rings. The zero-order valence-electron chi connectivity index (χ0n) is 10.9. The van der Waals surface area contributed by atoms with Crippen molar-refractivity contribution >= 4 is 32.9 Å². The average Bonchev–Trinajstić information content (AvgIpc) is 2.36. The van der Waals surface area contributed by atoms with Crippen molar-refractivity contribution in [2.75, 3.05) is 16.6 Å². The van der Waals surface area contributed by atoms with Crippen molar-refractivity contribution in [2.45, 2.75) is 19.0 Å². The third-order valence-electron chi connectivity index (χ3n) is 3.21. The number of rotatable bonds is 2. The van der Waals surface area contributed by atoms with E-state index in [1.165, 1.54) is 6.07 Å². The van der Waals surface area contributed by atoms with E-state index in [9.17, 15) is 21.6 Å². The first-order valence-corrected chi connectivity index (χ1v) is 8.16. The lowest BCUT2D eigenvalue weighted by atomic mass is 10.1. The van der Waals surface area contributed by atoms with Crippen molar-refractivity contribution in [2.24, 2.45) is 5.73 Å². The summed E-state index contributed by atoms with van der Waals surface area (Å²) in [5.41, 5.74) is 3.95. The van der Waals surface area contributed by atoms with Gasteiger partial charge in [0.15, 0.2) is 0 Å². The van der Waals surface area contributed by atoms with E-state index < -0.39 is 21.8 Å². The standard InChI is InChI=1S/C12H13F3N2O2S2/c13-12(14,15)10-7-8(3-4-9(10)11(16)20)17-5-1-2-6-21(17,18)19/h3-4,7H,1-2,5-6H2,(H2,16,20). The van der Waals surface area contributed by atoms with Crippen LogP contribution in [0.15, 0.2) is 18.2 Å². The largest absolute Gasteiger partial charge is 0.417 e. The molecule has 0 atom stereocenters. The van der Waals surface area contributed by atoms with Gasteiger partial charge in [-0.1, -0.05) is 12.2 Å². The summed E-state index contributed by atoms with van der Waals surface area (Å²) < 4.78 is 64.1. The van der Waals surface area contributed by atoms with E-state index in [2.05, 4.69) is 12.2 Å².